The summed E-state index contributed by atoms with van der Waals surface area (Å²) in [4.78, 5) is 19.8. The Morgan fingerprint density at radius 3 is 2.62 bits per heavy atom. The molecule has 0 radical (unpaired) electrons. The number of anilines is 2. The van der Waals surface area contributed by atoms with E-state index >= 15 is 0 Å². The Balaban J connectivity index is 1.74. The SMILES string of the molecule is Cc1nc(-c2ccc(NC(=O)c3nc(N)n[nH]3)cc2)co1. The molecule has 21 heavy (non-hydrogen) atoms. The second-order valence-electron chi connectivity index (χ2n) is 4.33. The summed E-state index contributed by atoms with van der Waals surface area (Å²) in [7, 11) is 0. The van der Waals surface area contributed by atoms with Crippen molar-refractivity contribution in [2.45, 2.75) is 6.92 Å². The van der Waals surface area contributed by atoms with Crippen molar-refractivity contribution in [3.8, 4) is 11.3 Å². The number of aromatic nitrogens is 4. The van der Waals surface area contributed by atoms with Gasteiger partial charge in [-0.25, -0.2) is 4.98 Å². The molecule has 0 unspecified atom stereocenters. The zero-order valence-corrected chi connectivity index (χ0v) is 11.1. The molecule has 1 aromatic carbocycles. The minimum atomic E-state index is -0.413. The third kappa shape index (κ3) is 2.73. The number of nitrogens with two attached hydrogens (primary N) is 1. The quantitative estimate of drug-likeness (QED) is 0.671. The van der Waals surface area contributed by atoms with Gasteiger partial charge in [-0.05, 0) is 12.1 Å². The maximum atomic E-state index is 11.9. The first kappa shape index (κ1) is 12.9. The first-order chi connectivity index (χ1) is 10.1. The second kappa shape index (κ2) is 5.08. The third-order valence-electron chi connectivity index (χ3n) is 2.78. The van der Waals surface area contributed by atoms with Crippen LogP contribution in [0.3, 0.4) is 0 Å². The number of benzene rings is 1. The van der Waals surface area contributed by atoms with E-state index in [1.54, 1.807) is 25.3 Å². The lowest BCUT2D eigenvalue weighted by molar-refractivity contribution is 0.101. The van der Waals surface area contributed by atoms with Crippen LogP contribution in [0, 0.1) is 6.92 Å². The number of carbonyl (C=O) groups is 1. The third-order valence-corrected chi connectivity index (χ3v) is 2.78. The fraction of sp³-hybridized carbons (Fsp3) is 0.0769. The van der Waals surface area contributed by atoms with Gasteiger partial charge in [-0.2, -0.15) is 4.98 Å². The Bertz CT molecular complexity index is 774. The molecule has 2 aromatic heterocycles. The molecule has 0 aliphatic heterocycles. The van der Waals surface area contributed by atoms with E-state index in [2.05, 4.69) is 25.5 Å². The maximum absolute atomic E-state index is 11.9. The van der Waals surface area contributed by atoms with Crippen LogP contribution in [0.25, 0.3) is 11.3 Å². The number of hydrogen-bond donors (Lipinski definition) is 3. The molecule has 8 heteroatoms. The van der Waals surface area contributed by atoms with Crippen LogP contribution in [0.4, 0.5) is 11.6 Å². The fourth-order valence-electron chi connectivity index (χ4n) is 1.79. The molecule has 0 saturated heterocycles. The Kier molecular flexibility index (Phi) is 3.11. The highest BCUT2D eigenvalue weighted by molar-refractivity contribution is 6.01. The number of aromatic amines is 1. The largest absolute Gasteiger partial charge is 0.449 e. The van der Waals surface area contributed by atoms with Crippen LogP contribution in [0.2, 0.25) is 0 Å². The molecule has 0 aliphatic carbocycles. The highest BCUT2D eigenvalue weighted by Gasteiger charge is 2.11. The number of rotatable bonds is 3. The first-order valence-corrected chi connectivity index (χ1v) is 6.13. The van der Waals surface area contributed by atoms with Crippen LogP contribution in [-0.4, -0.2) is 26.1 Å². The Hall–Kier alpha value is -3.16. The van der Waals surface area contributed by atoms with E-state index < -0.39 is 5.91 Å². The number of H-pyrrole nitrogens is 1. The normalized spacial score (nSPS) is 10.5. The van der Waals surface area contributed by atoms with Gasteiger partial charge in [0.1, 0.15) is 12.0 Å². The van der Waals surface area contributed by atoms with Crippen molar-refractivity contribution in [3.63, 3.8) is 0 Å². The highest BCUT2D eigenvalue weighted by atomic mass is 16.3. The minimum Gasteiger partial charge on any atom is -0.449 e. The molecule has 0 aliphatic rings. The number of hydrogen-bond acceptors (Lipinski definition) is 6. The monoisotopic (exact) mass is 284 g/mol. The van der Waals surface area contributed by atoms with Crippen molar-refractivity contribution in [3.05, 3.63) is 42.2 Å². The highest BCUT2D eigenvalue weighted by Crippen LogP contribution is 2.20. The summed E-state index contributed by atoms with van der Waals surface area (Å²) in [5.41, 5.74) is 7.61. The summed E-state index contributed by atoms with van der Waals surface area (Å²) in [5, 5.41) is 8.73. The average Bonchev–Trinajstić information content (AvgIpc) is 3.08. The zero-order chi connectivity index (χ0) is 14.8. The molecule has 0 atom stereocenters. The van der Waals surface area contributed by atoms with Gasteiger partial charge in [-0.1, -0.05) is 12.1 Å². The lowest BCUT2D eigenvalue weighted by Crippen LogP contribution is -2.13. The van der Waals surface area contributed by atoms with Gasteiger partial charge in [-0.15, -0.1) is 5.10 Å². The number of nitrogens with one attached hydrogen (secondary N) is 2. The van der Waals surface area contributed by atoms with Crippen molar-refractivity contribution in [1.82, 2.24) is 20.2 Å². The van der Waals surface area contributed by atoms with Crippen molar-refractivity contribution < 1.29 is 9.21 Å². The van der Waals surface area contributed by atoms with Crippen LogP contribution < -0.4 is 11.1 Å². The topological polar surface area (TPSA) is 123 Å². The molecule has 3 rings (SSSR count). The Morgan fingerprint density at radius 2 is 2.05 bits per heavy atom. The molecular weight excluding hydrogens is 272 g/mol. The second-order valence-corrected chi connectivity index (χ2v) is 4.33. The van der Waals surface area contributed by atoms with Crippen molar-refractivity contribution in [2.75, 3.05) is 11.1 Å². The van der Waals surface area contributed by atoms with Crippen molar-refractivity contribution in [2.24, 2.45) is 0 Å². The number of nitrogens with zero attached hydrogens (tertiary/aromatic N) is 3. The van der Waals surface area contributed by atoms with Gasteiger partial charge in [0.25, 0.3) is 5.91 Å². The molecule has 0 saturated carbocycles. The number of nitrogen functional groups attached to an aromatic ring is 1. The first-order valence-electron chi connectivity index (χ1n) is 6.13. The predicted molar refractivity (Wildman–Crippen MR) is 75.4 cm³/mol. The summed E-state index contributed by atoms with van der Waals surface area (Å²) >= 11 is 0. The Labute approximate surface area is 119 Å². The molecule has 4 N–H and O–H groups in total. The number of aryl methyl sites for hydroxylation is 1. The lowest BCUT2D eigenvalue weighted by atomic mass is 10.1. The molecule has 0 bridgehead atoms. The predicted octanol–water partition coefficient (Wildman–Crippen LogP) is 1.60. The zero-order valence-electron chi connectivity index (χ0n) is 11.1. The summed E-state index contributed by atoms with van der Waals surface area (Å²) in [6, 6.07) is 7.19. The van der Waals surface area contributed by atoms with Crippen molar-refractivity contribution in [1.29, 1.82) is 0 Å². The van der Waals surface area contributed by atoms with E-state index in [-0.39, 0.29) is 11.8 Å². The van der Waals surface area contributed by atoms with Gasteiger partial charge in [0.2, 0.25) is 11.8 Å². The van der Waals surface area contributed by atoms with Gasteiger partial charge in [0, 0.05) is 18.2 Å². The molecule has 3 aromatic rings. The molecule has 2 heterocycles. The van der Waals surface area contributed by atoms with Crippen molar-refractivity contribution >= 4 is 17.5 Å². The molecule has 0 spiro atoms. The number of amides is 1. The average molecular weight is 284 g/mol. The summed E-state index contributed by atoms with van der Waals surface area (Å²) < 4.78 is 5.16. The Morgan fingerprint density at radius 1 is 1.29 bits per heavy atom. The van der Waals surface area contributed by atoms with Gasteiger partial charge in [0.05, 0.1) is 0 Å². The van der Waals surface area contributed by atoms with E-state index in [1.165, 1.54) is 0 Å². The van der Waals surface area contributed by atoms with Crippen LogP contribution in [0.1, 0.15) is 16.5 Å². The van der Waals surface area contributed by atoms with Crippen LogP contribution in [0.15, 0.2) is 34.9 Å². The van der Waals surface area contributed by atoms with Gasteiger partial charge < -0.3 is 15.5 Å². The van der Waals surface area contributed by atoms with Crippen LogP contribution >= 0.6 is 0 Å². The molecule has 8 nitrogen and oxygen atoms in total. The van der Waals surface area contributed by atoms with Crippen LogP contribution in [0.5, 0.6) is 0 Å². The number of oxazole rings is 1. The van der Waals surface area contributed by atoms with Gasteiger partial charge >= 0.3 is 0 Å². The van der Waals surface area contributed by atoms with Gasteiger partial charge in [-0.3, -0.25) is 9.89 Å². The smallest absolute Gasteiger partial charge is 0.293 e. The maximum Gasteiger partial charge on any atom is 0.293 e. The lowest BCUT2D eigenvalue weighted by Gasteiger charge is -2.03. The van der Waals surface area contributed by atoms with E-state index in [4.69, 9.17) is 10.2 Å². The minimum absolute atomic E-state index is 0.0249. The van der Waals surface area contributed by atoms with Gasteiger partial charge in [0.15, 0.2) is 5.89 Å². The molecule has 1 amide bonds. The fourth-order valence-corrected chi connectivity index (χ4v) is 1.79. The molecular formula is C13H12N6O2. The molecule has 0 fully saturated rings. The summed E-state index contributed by atoms with van der Waals surface area (Å²) in [5.74, 6) is 0.273. The number of carbonyl (C=O) groups excluding carboxylic acids is 1. The van der Waals surface area contributed by atoms with E-state index in [9.17, 15) is 4.79 Å². The van der Waals surface area contributed by atoms with E-state index in [0.29, 0.717) is 11.6 Å². The van der Waals surface area contributed by atoms with Crippen LogP contribution in [-0.2, 0) is 0 Å². The van der Waals surface area contributed by atoms with E-state index in [0.717, 1.165) is 11.3 Å². The summed E-state index contributed by atoms with van der Waals surface area (Å²) in [6.07, 6.45) is 1.58. The molecule has 106 valence electrons. The summed E-state index contributed by atoms with van der Waals surface area (Å²) in [6.45, 7) is 1.78. The standard InChI is InChI=1S/C13H12N6O2/c1-7-15-10(6-21-7)8-2-4-9(5-3-8)16-12(20)11-17-13(14)19-18-11/h2-6H,1H3,(H,16,20)(H3,14,17,18,19). The van der Waals surface area contributed by atoms with E-state index in [1.807, 2.05) is 12.1 Å².